The summed E-state index contributed by atoms with van der Waals surface area (Å²) in [6.45, 7) is 0.708. The topological polar surface area (TPSA) is 67.6 Å². The lowest BCUT2D eigenvalue weighted by Gasteiger charge is -2.45. The van der Waals surface area contributed by atoms with Gasteiger partial charge in [-0.3, -0.25) is 4.68 Å². The monoisotopic (exact) mass is 375 g/mol. The molecule has 5 rings (SSSR count). The number of hydrogen-bond donors (Lipinski definition) is 1. The van der Waals surface area contributed by atoms with Crippen molar-refractivity contribution in [2.45, 2.75) is 11.5 Å². The minimum atomic E-state index is -1.06. The van der Waals surface area contributed by atoms with Crippen molar-refractivity contribution < 1.29 is 14.6 Å². The molecule has 0 spiro atoms. The van der Waals surface area contributed by atoms with Crippen LogP contribution in [-0.2, 0) is 17.4 Å². The predicted octanol–water partition coefficient (Wildman–Crippen LogP) is 2.87. The lowest BCUT2D eigenvalue weighted by Crippen LogP contribution is -2.62. The number of nitrogens with zero attached hydrogens (tertiary/aromatic N) is 3. The first-order valence-corrected chi connectivity index (χ1v) is 9.38. The van der Waals surface area contributed by atoms with Gasteiger partial charge in [0.15, 0.2) is 0 Å². The number of ether oxygens (including phenoxy) is 1. The molecule has 1 aliphatic heterocycles. The molecule has 1 amide bonds. The SMILES string of the molecule is Cn1nccc1C1(O)CN(C(=O)OCC2c3ccccc3-c3ccccc32)C1. The molecule has 0 saturated carbocycles. The lowest BCUT2D eigenvalue weighted by atomic mass is 9.91. The fourth-order valence-electron chi connectivity index (χ4n) is 4.39. The van der Waals surface area contributed by atoms with Gasteiger partial charge in [-0.25, -0.2) is 4.79 Å². The standard InChI is InChI=1S/C22H21N3O3/c1-24-20(10-11-23-24)22(27)13-25(14-22)21(26)28-12-19-17-8-4-2-6-15(17)16-7-3-5-9-18(16)19/h2-11,19,27H,12-14H2,1H3. The van der Waals surface area contributed by atoms with Gasteiger partial charge in [0.25, 0.3) is 0 Å². The molecule has 28 heavy (non-hydrogen) atoms. The van der Waals surface area contributed by atoms with Crippen molar-refractivity contribution in [2.24, 2.45) is 7.05 Å². The highest BCUT2D eigenvalue weighted by atomic mass is 16.6. The number of rotatable bonds is 3. The molecule has 6 nitrogen and oxygen atoms in total. The van der Waals surface area contributed by atoms with E-state index in [9.17, 15) is 9.90 Å². The molecule has 142 valence electrons. The zero-order valence-corrected chi connectivity index (χ0v) is 15.6. The van der Waals surface area contributed by atoms with Crippen LogP contribution in [0.15, 0.2) is 60.8 Å². The fourth-order valence-corrected chi connectivity index (χ4v) is 4.39. The normalized spacial score (nSPS) is 17.0. The molecule has 1 fully saturated rings. The van der Waals surface area contributed by atoms with Crippen molar-refractivity contribution in [3.8, 4) is 11.1 Å². The van der Waals surface area contributed by atoms with Crippen molar-refractivity contribution in [1.29, 1.82) is 0 Å². The minimum Gasteiger partial charge on any atom is -0.448 e. The third-order valence-electron chi connectivity index (χ3n) is 5.80. The Kier molecular flexibility index (Phi) is 3.77. The van der Waals surface area contributed by atoms with E-state index in [0.29, 0.717) is 5.69 Å². The van der Waals surface area contributed by atoms with E-state index in [1.807, 2.05) is 24.3 Å². The quantitative estimate of drug-likeness (QED) is 0.764. The van der Waals surface area contributed by atoms with Crippen LogP contribution in [0.4, 0.5) is 4.79 Å². The Labute approximate surface area is 163 Å². The number of carbonyl (C=O) groups is 1. The smallest absolute Gasteiger partial charge is 0.410 e. The van der Waals surface area contributed by atoms with Crippen LogP contribution in [0.25, 0.3) is 11.1 Å². The average Bonchev–Trinajstić information content (AvgIpc) is 3.25. The molecule has 0 atom stereocenters. The number of amides is 1. The maximum atomic E-state index is 12.5. The molecule has 2 aromatic carbocycles. The molecule has 1 saturated heterocycles. The molecule has 0 bridgehead atoms. The van der Waals surface area contributed by atoms with E-state index in [1.165, 1.54) is 27.2 Å². The van der Waals surface area contributed by atoms with Crippen molar-refractivity contribution >= 4 is 6.09 Å². The summed E-state index contributed by atoms with van der Waals surface area (Å²) in [7, 11) is 1.78. The summed E-state index contributed by atoms with van der Waals surface area (Å²) in [5.41, 5.74) is 4.42. The van der Waals surface area contributed by atoms with Gasteiger partial charge in [0.1, 0.15) is 12.2 Å². The highest BCUT2D eigenvalue weighted by Gasteiger charge is 2.47. The summed E-state index contributed by atoms with van der Waals surface area (Å²) in [5, 5.41) is 14.8. The number of carbonyl (C=O) groups excluding carboxylic acids is 1. The Morgan fingerprint density at radius 1 is 1.11 bits per heavy atom. The van der Waals surface area contributed by atoms with Crippen molar-refractivity contribution in [2.75, 3.05) is 19.7 Å². The van der Waals surface area contributed by atoms with Gasteiger partial charge in [-0.1, -0.05) is 48.5 Å². The summed E-state index contributed by atoms with van der Waals surface area (Å²) in [4.78, 5) is 14.0. The first-order chi connectivity index (χ1) is 13.6. The molecule has 1 aliphatic carbocycles. The maximum Gasteiger partial charge on any atom is 0.410 e. The Morgan fingerprint density at radius 3 is 2.29 bits per heavy atom. The molecule has 6 heteroatoms. The van der Waals surface area contributed by atoms with Gasteiger partial charge >= 0.3 is 6.09 Å². The van der Waals surface area contributed by atoms with Crippen LogP contribution in [0.1, 0.15) is 22.7 Å². The van der Waals surface area contributed by atoms with Gasteiger partial charge < -0.3 is 14.7 Å². The molecule has 2 aliphatic rings. The Bertz CT molecular complexity index is 1010. The molecule has 3 aromatic rings. The molecule has 1 N–H and O–H groups in total. The maximum absolute atomic E-state index is 12.5. The van der Waals surface area contributed by atoms with Gasteiger partial charge in [-0.05, 0) is 28.3 Å². The van der Waals surface area contributed by atoms with Crippen molar-refractivity contribution in [3.05, 3.63) is 77.6 Å². The first kappa shape index (κ1) is 17.0. The highest BCUT2D eigenvalue weighted by Crippen LogP contribution is 2.44. The van der Waals surface area contributed by atoms with E-state index in [1.54, 1.807) is 24.0 Å². The van der Waals surface area contributed by atoms with Gasteiger partial charge in [0.2, 0.25) is 0 Å². The average molecular weight is 375 g/mol. The number of aliphatic hydroxyl groups is 1. The Balaban J connectivity index is 1.28. The van der Waals surface area contributed by atoms with Crippen LogP contribution < -0.4 is 0 Å². The largest absolute Gasteiger partial charge is 0.448 e. The molecule has 1 aromatic heterocycles. The summed E-state index contributed by atoms with van der Waals surface area (Å²) < 4.78 is 7.27. The molecular weight excluding hydrogens is 354 g/mol. The molecule has 2 heterocycles. The zero-order valence-electron chi connectivity index (χ0n) is 15.6. The number of aromatic nitrogens is 2. The van der Waals surface area contributed by atoms with Gasteiger partial charge in [0.05, 0.1) is 18.8 Å². The van der Waals surface area contributed by atoms with Crippen LogP contribution >= 0.6 is 0 Å². The Morgan fingerprint density at radius 2 is 1.71 bits per heavy atom. The minimum absolute atomic E-state index is 0.0357. The number of benzene rings is 2. The summed E-state index contributed by atoms with van der Waals surface area (Å²) >= 11 is 0. The number of fused-ring (bicyclic) bond motifs is 3. The Hall–Kier alpha value is -3.12. The van der Waals surface area contributed by atoms with Crippen LogP contribution in [0, 0.1) is 0 Å². The first-order valence-electron chi connectivity index (χ1n) is 9.38. The van der Waals surface area contributed by atoms with Crippen molar-refractivity contribution in [3.63, 3.8) is 0 Å². The second-order valence-electron chi connectivity index (χ2n) is 7.53. The van der Waals surface area contributed by atoms with Gasteiger partial charge in [-0.15, -0.1) is 0 Å². The number of likely N-dealkylation sites (tertiary alicyclic amines) is 1. The predicted molar refractivity (Wildman–Crippen MR) is 104 cm³/mol. The van der Waals surface area contributed by atoms with Crippen molar-refractivity contribution in [1.82, 2.24) is 14.7 Å². The summed E-state index contributed by atoms with van der Waals surface area (Å²) in [6.07, 6.45) is 1.25. The third-order valence-corrected chi connectivity index (χ3v) is 5.80. The van der Waals surface area contributed by atoms with Gasteiger partial charge in [-0.2, -0.15) is 5.10 Å². The molecular formula is C22H21N3O3. The van der Waals surface area contributed by atoms with Crippen LogP contribution in [0.5, 0.6) is 0 Å². The summed E-state index contributed by atoms with van der Waals surface area (Å²) in [6, 6.07) is 18.3. The fraction of sp³-hybridized carbons (Fsp3) is 0.273. The number of aryl methyl sites for hydroxylation is 1. The van der Waals surface area contributed by atoms with E-state index in [4.69, 9.17) is 4.74 Å². The lowest BCUT2D eigenvalue weighted by molar-refractivity contribution is -0.0991. The molecule has 0 unspecified atom stereocenters. The van der Waals surface area contributed by atoms with E-state index in [-0.39, 0.29) is 25.6 Å². The molecule has 0 radical (unpaired) electrons. The third kappa shape index (κ3) is 2.52. The van der Waals surface area contributed by atoms with Crippen LogP contribution in [0.2, 0.25) is 0 Å². The second-order valence-corrected chi connectivity index (χ2v) is 7.53. The van der Waals surface area contributed by atoms with E-state index >= 15 is 0 Å². The highest BCUT2D eigenvalue weighted by molar-refractivity contribution is 5.79. The van der Waals surface area contributed by atoms with E-state index < -0.39 is 11.7 Å². The number of β-amino-alcohol motifs (C(OH)–C–C–N with tert-alkyl or cyclic N) is 1. The van der Waals surface area contributed by atoms with E-state index in [2.05, 4.69) is 29.4 Å². The van der Waals surface area contributed by atoms with Crippen LogP contribution in [-0.4, -0.2) is 45.6 Å². The van der Waals surface area contributed by atoms with E-state index in [0.717, 1.165) is 0 Å². The van der Waals surface area contributed by atoms with Gasteiger partial charge in [0, 0.05) is 19.2 Å². The number of hydrogen-bond acceptors (Lipinski definition) is 4. The summed E-state index contributed by atoms with van der Waals surface area (Å²) in [5.74, 6) is 0.0357. The second kappa shape index (κ2) is 6.21. The zero-order chi connectivity index (χ0) is 19.3. The van der Waals surface area contributed by atoms with Crippen LogP contribution in [0.3, 0.4) is 0 Å².